The molecule has 0 aromatic heterocycles. The third kappa shape index (κ3) is 4.69. The van der Waals surface area contributed by atoms with Gasteiger partial charge in [-0.15, -0.1) is 0 Å². The summed E-state index contributed by atoms with van der Waals surface area (Å²) in [5.74, 6) is 0.278. The second-order valence-corrected chi connectivity index (χ2v) is 6.93. The molecule has 5 atom stereocenters. The summed E-state index contributed by atoms with van der Waals surface area (Å²) in [6.07, 6.45) is 0.112. The summed E-state index contributed by atoms with van der Waals surface area (Å²) in [5.41, 5.74) is 2.35. The molecule has 1 fully saturated rings. The highest BCUT2D eigenvalue weighted by molar-refractivity contribution is 5.14. The van der Waals surface area contributed by atoms with Crippen molar-refractivity contribution in [3.05, 3.63) is 71.8 Å². The van der Waals surface area contributed by atoms with E-state index in [9.17, 15) is 0 Å². The number of benzene rings is 2. The van der Waals surface area contributed by atoms with Crippen LogP contribution in [0.4, 0.5) is 0 Å². The van der Waals surface area contributed by atoms with Crippen molar-refractivity contribution in [3.8, 4) is 0 Å². The quantitative estimate of drug-likeness (QED) is 0.769. The minimum absolute atomic E-state index is 0.00989. The molecule has 25 heavy (non-hydrogen) atoms. The van der Waals surface area contributed by atoms with E-state index in [2.05, 4.69) is 45.0 Å². The zero-order valence-corrected chi connectivity index (χ0v) is 15.3. The van der Waals surface area contributed by atoms with Crippen LogP contribution in [-0.4, -0.2) is 24.4 Å². The van der Waals surface area contributed by atoms with Crippen LogP contribution in [0, 0.1) is 5.92 Å². The normalized spacial score (nSPS) is 29.5. The molecule has 0 amide bonds. The van der Waals surface area contributed by atoms with Crippen molar-refractivity contribution in [1.29, 1.82) is 0 Å². The van der Waals surface area contributed by atoms with Gasteiger partial charge in [-0.3, -0.25) is 0 Å². The minimum Gasteiger partial charge on any atom is -0.372 e. The van der Waals surface area contributed by atoms with E-state index in [1.807, 2.05) is 36.4 Å². The number of hydrogen-bond acceptors (Lipinski definition) is 3. The number of rotatable bonds is 6. The second-order valence-electron chi connectivity index (χ2n) is 6.93. The molecule has 2 aromatic carbocycles. The Morgan fingerprint density at radius 3 is 1.68 bits per heavy atom. The van der Waals surface area contributed by atoms with Gasteiger partial charge in [0.2, 0.25) is 0 Å². The van der Waals surface area contributed by atoms with Gasteiger partial charge >= 0.3 is 0 Å². The summed E-state index contributed by atoms with van der Waals surface area (Å²) in [7, 11) is 0. The molecule has 0 N–H and O–H groups in total. The average Bonchev–Trinajstić information content (AvgIpc) is 2.64. The summed E-state index contributed by atoms with van der Waals surface area (Å²) in [6, 6.07) is 20.6. The maximum absolute atomic E-state index is 6.32. The van der Waals surface area contributed by atoms with Crippen LogP contribution < -0.4 is 0 Å². The molecule has 1 heterocycles. The first kappa shape index (κ1) is 18.1. The molecular formula is C22H28O3. The molecule has 0 bridgehead atoms. The third-order valence-corrected chi connectivity index (χ3v) is 5.04. The standard InChI is InChI=1S/C22H28O3/c1-16-17(2)25-18(3)22(24-15-20-12-8-5-9-13-20)21(16)23-14-19-10-6-4-7-11-19/h4-13,16-18,21-22H,14-15H2,1-3H3. The van der Waals surface area contributed by atoms with E-state index in [1.54, 1.807) is 0 Å². The van der Waals surface area contributed by atoms with Crippen molar-refractivity contribution in [1.82, 2.24) is 0 Å². The zero-order valence-electron chi connectivity index (χ0n) is 15.3. The van der Waals surface area contributed by atoms with E-state index in [1.165, 1.54) is 11.1 Å². The predicted molar refractivity (Wildman–Crippen MR) is 99.2 cm³/mol. The fourth-order valence-corrected chi connectivity index (χ4v) is 3.38. The van der Waals surface area contributed by atoms with Gasteiger partial charge in [-0.05, 0) is 25.0 Å². The van der Waals surface area contributed by atoms with Gasteiger partial charge in [-0.1, -0.05) is 67.6 Å². The van der Waals surface area contributed by atoms with Crippen LogP contribution in [0.5, 0.6) is 0 Å². The molecule has 0 aliphatic carbocycles. The Kier molecular flexibility index (Phi) is 6.24. The van der Waals surface area contributed by atoms with Crippen molar-refractivity contribution in [2.24, 2.45) is 5.92 Å². The van der Waals surface area contributed by atoms with Crippen LogP contribution >= 0.6 is 0 Å². The van der Waals surface area contributed by atoms with Crippen LogP contribution in [-0.2, 0) is 27.4 Å². The van der Waals surface area contributed by atoms with Crippen molar-refractivity contribution < 1.29 is 14.2 Å². The Hall–Kier alpha value is -1.68. The van der Waals surface area contributed by atoms with Crippen LogP contribution in [0.3, 0.4) is 0 Å². The molecule has 0 spiro atoms. The maximum atomic E-state index is 6.32. The number of ether oxygens (including phenoxy) is 3. The third-order valence-electron chi connectivity index (χ3n) is 5.04. The molecule has 0 radical (unpaired) electrons. The predicted octanol–water partition coefficient (Wildman–Crippen LogP) is 4.60. The van der Waals surface area contributed by atoms with E-state index in [-0.39, 0.29) is 30.3 Å². The lowest BCUT2D eigenvalue weighted by atomic mass is 9.89. The van der Waals surface area contributed by atoms with Crippen molar-refractivity contribution in [2.75, 3.05) is 0 Å². The summed E-state index contributed by atoms with van der Waals surface area (Å²) in [6.45, 7) is 7.56. The van der Waals surface area contributed by atoms with Crippen LogP contribution in [0.1, 0.15) is 31.9 Å². The molecule has 1 aliphatic rings. The van der Waals surface area contributed by atoms with Gasteiger partial charge in [0.05, 0.1) is 31.5 Å². The molecule has 2 aromatic rings. The van der Waals surface area contributed by atoms with Crippen molar-refractivity contribution in [3.63, 3.8) is 0 Å². The molecule has 3 nitrogen and oxygen atoms in total. The van der Waals surface area contributed by atoms with E-state index in [0.717, 1.165) is 0 Å². The van der Waals surface area contributed by atoms with Gasteiger partial charge in [0.25, 0.3) is 0 Å². The average molecular weight is 340 g/mol. The van der Waals surface area contributed by atoms with Gasteiger partial charge in [0.1, 0.15) is 6.10 Å². The monoisotopic (exact) mass is 340 g/mol. The summed E-state index contributed by atoms with van der Waals surface area (Å²) in [5, 5.41) is 0. The van der Waals surface area contributed by atoms with Gasteiger partial charge in [-0.25, -0.2) is 0 Å². The highest BCUT2D eigenvalue weighted by Gasteiger charge is 2.41. The lowest BCUT2D eigenvalue weighted by Crippen LogP contribution is -2.53. The highest BCUT2D eigenvalue weighted by Crippen LogP contribution is 2.31. The van der Waals surface area contributed by atoms with E-state index in [4.69, 9.17) is 14.2 Å². The highest BCUT2D eigenvalue weighted by atomic mass is 16.6. The summed E-state index contributed by atoms with van der Waals surface area (Å²) < 4.78 is 18.6. The Labute approximate surface area is 150 Å². The van der Waals surface area contributed by atoms with E-state index < -0.39 is 0 Å². The number of hydrogen-bond donors (Lipinski definition) is 0. The van der Waals surface area contributed by atoms with Crippen molar-refractivity contribution in [2.45, 2.75) is 58.4 Å². The molecule has 3 heteroatoms. The molecule has 5 unspecified atom stereocenters. The summed E-state index contributed by atoms with van der Waals surface area (Å²) in [4.78, 5) is 0. The molecule has 3 rings (SSSR count). The van der Waals surface area contributed by atoms with E-state index in [0.29, 0.717) is 13.2 Å². The smallest absolute Gasteiger partial charge is 0.110 e. The second kappa shape index (κ2) is 8.61. The fraction of sp³-hybridized carbons (Fsp3) is 0.455. The largest absolute Gasteiger partial charge is 0.372 e. The van der Waals surface area contributed by atoms with Gasteiger partial charge < -0.3 is 14.2 Å². The fourth-order valence-electron chi connectivity index (χ4n) is 3.38. The van der Waals surface area contributed by atoms with Crippen LogP contribution in [0.25, 0.3) is 0 Å². The Balaban J connectivity index is 1.67. The lowest BCUT2D eigenvalue weighted by Gasteiger charge is -2.43. The van der Waals surface area contributed by atoms with Gasteiger partial charge in [0.15, 0.2) is 0 Å². The first-order chi connectivity index (χ1) is 12.1. The van der Waals surface area contributed by atoms with Crippen LogP contribution in [0.2, 0.25) is 0 Å². The van der Waals surface area contributed by atoms with Crippen molar-refractivity contribution >= 4 is 0 Å². The summed E-state index contributed by atoms with van der Waals surface area (Å²) >= 11 is 0. The lowest BCUT2D eigenvalue weighted by molar-refractivity contribution is -0.223. The first-order valence-electron chi connectivity index (χ1n) is 9.11. The van der Waals surface area contributed by atoms with Gasteiger partial charge in [0, 0.05) is 5.92 Å². The first-order valence-corrected chi connectivity index (χ1v) is 9.11. The Morgan fingerprint density at radius 1 is 0.680 bits per heavy atom. The molecule has 1 saturated heterocycles. The van der Waals surface area contributed by atoms with Crippen LogP contribution in [0.15, 0.2) is 60.7 Å². The SMILES string of the molecule is CC1OC(C)C(OCc2ccccc2)C(OCc2ccccc2)C1C. The Bertz CT molecular complexity index is 628. The van der Waals surface area contributed by atoms with Gasteiger partial charge in [-0.2, -0.15) is 0 Å². The minimum atomic E-state index is -0.0740. The van der Waals surface area contributed by atoms with E-state index >= 15 is 0 Å². The molecule has 134 valence electrons. The molecule has 0 saturated carbocycles. The molecule has 1 aliphatic heterocycles. The Morgan fingerprint density at radius 2 is 1.16 bits per heavy atom. The maximum Gasteiger partial charge on any atom is 0.110 e. The molecular weight excluding hydrogens is 312 g/mol. The topological polar surface area (TPSA) is 27.7 Å². The zero-order chi connectivity index (χ0) is 17.6.